The number of nitro benzene ring substituents is 1. The number of hydrogen-bond acceptors (Lipinski definition) is 4. The number of likely N-dealkylation sites (N-methyl/N-ethyl adjacent to an activating group) is 1. The molecule has 0 amide bonds. The number of nitro groups is 1. The number of nitrogens with zero attached hydrogens (tertiary/aromatic N) is 2. The van der Waals surface area contributed by atoms with E-state index in [4.69, 9.17) is 0 Å². The molecule has 0 aromatic heterocycles. The van der Waals surface area contributed by atoms with Crippen LogP contribution < -0.4 is 5.32 Å². The summed E-state index contributed by atoms with van der Waals surface area (Å²) in [6.07, 6.45) is 0. The maximum Gasteiger partial charge on any atom is 0.327 e. The van der Waals surface area contributed by atoms with Crippen molar-refractivity contribution in [2.45, 2.75) is 19.9 Å². The topological polar surface area (TPSA) is 58.4 Å². The third kappa shape index (κ3) is 3.66. The number of nitrogens with one attached hydrogen (secondary N) is 1. The number of anilines is 1. The molecule has 0 radical (unpaired) electrons. The van der Waals surface area contributed by atoms with E-state index in [2.05, 4.69) is 24.1 Å². The lowest BCUT2D eigenvalue weighted by Gasteiger charge is -2.21. The molecule has 0 aliphatic rings. The predicted octanol–water partition coefficient (Wildman–Crippen LogP) is 2.49. The van der Waals surface area contributed by atoms with Crippen molar-refractivity contribution in [2.75, 3.05) is 25.5 Å². The van der Waals surface area contributed by atoms with Gasteiger partial charge >= 0.3 is 5.69 Å². The summed E-state index contributed by atoms with van der Waals surface area (Å²) in [6, 6.07) is 4.45. The third-order valence-corrected chi connectivity index (χ3v) is 2.83. The van der Waals surface area contributed by atoms with Gasteiger partial charge in [-0.15, -0.1) is 0 Å². The molecule has 5 nitrogen and oxygen atoms in total. The van der Waals surface area contributed by atoms with Crippen molar-refractivity contribution >= 4 is 11.4 Å². The van der Waals surface area contributed by atoms with Crippen LogP contribution >= 0.6 is 0 Å². The van der Waals surface area contributed by atoms with Gasteiger partial charge in [0.25, 0.3) is 0 Å². The van der Waals surface area contributed by atoms with Crippen LogP contribution in [0.2, 0.25) is 0 Å². The fourth-order valence-electron chi connectivity index (χ4n) is 1.47. The highest BCUT2D eigenvalue weighted by atomic mass is 19.1. The van der Waals surface area contributed by atoms with Gasteiger partial charge in [-0.25, -0.2) is 0 Å². The Morgan fingerprint density at radius 1 is 1.50 bits per heavy atom. The van der Waals surface area contributed by atoms with Gasteiger partial charge in [-0.05, 0) is 33.0 Å². The fourth-order valence-corrected chi connectivity index (χ4v) is 1.47. The summed E-state index contributed by atoms with van der Waals surface area (Å²) in [4.78, 5) is 12.2. The van der Waals surface area contributed by atoms with Crippen molar-refractivity contribution < 1.29 is 9.31 Å². The van der Waals surface area contributed by atoms with Crippen LogP contribution in [-0.2, 0) is 0 Å². The summed E-state index contributed by atoms with van der Waals surface area (Å²) in [6.45, 7) is 5.37. The molecule has 0 fully saturated rings. The quantitative estimate of drug-likeness (QED) is 0.626. The molecule has 0 atom stereocenters. The molecule has 1 aromatic carbocycles. The molecule has 100 valence electrons. The van der Waals surface area contributed by atoms with E-state index in [-0.39, 0.29) is 5.69 Å². The summed E-state index contributed by atoms with van der Waals surface area (Å²) in [5.41, 5.74) is -0.276. The molecule has 0 bridgehead atoms. The Morgan fingerprint density at radius 3 is 2.72 bits per heavy atom. The average Bonchev–Trinajstić information content (AvgIpc) is 2.28. The maximum atomic E-state index is 13.3. The van der Waals surface area contributed by atoms with Gasteiger partial charge in [0, 0.05) is 19.1 Å². The van der Waals surface area contributed by atoms with E-state index in [1.807, 2.05) is 7.05 Å². The van der Waals surface area contributed by atoms with Crippen molar-refractivity contribution in [1.82, 2.24) is 4.90 Å². The molecule has 0 spiro atoms. The van der Waals surface area contributed by atoms with Crippen LogP contribution in [0.1, 0.15) is 13.8 Å². The molecular formula is C12H18FN3O2. The van der Waals surface area contributed by atoms with Gasteiger partial charge in [-0.2, -0.15) is 4.39 Å². The van der Waals surface area contributed by atoms with Gasteiger partial charge in [0.1, 0.15) is 5.69 Å². The van der Waals surface area contributed by atoms with Crippen molar-refractivity contribution in [3.63, 3.8) is 0 Å². The molecule has 1 rings (SSSR count). The molecule has 0 heterocycles. The van der Waals surface area contributed by atoms with E-state index in [0.717, 1.165) is 12.6 Å². The van der Waals surface area contributed by atoms with Crippen LogP contribution in [-0.4, -0.2) is 36.0 Å². The maximum absolute atomic E-state index is 13.3. The van der Waals surface area contributed by atoms with Crippen LogP contribution in [0.15, 0.2) is 18.2 Å². The van der Waals surface area contributed by atoms with Crippen molar-refractivity contribution in [1.29, 1.82) is 0 Å². The van der Waals surface area contributed by atoms with Gasteiger partial charge in [0.2, 0.25) is 5.82 Å². The Labute approximate surface area is 106 Å². The molecular weight excluding hydrogens is 237 g/mol. The van der Waals surface area contributed by atoms with Crippen LogP contribution in [0.4, 0.5) is 15.8 Å². The summed E-state index contributed by atoms with van der Waals surface area (Å²) >= 11 is 0. The molecule has 6 heteroatoms. The number of hydrogen-bond donors (Lipinski definition) is 1. The number of benzene rings is 1. The molecule has 1 N–H and O–H groups in total. The second-order valence-corrected chi connectivity index (χ2v) is 4.39. The normalized spacial score (nSPS) is 11.0. The lowest BCUT2D eigenvalue weighted by molar-refractivity contribution is -0.386. The van der Waals surface area contributed by atoms with E-state index in [1.165, 1.54) is 12.1 Å². The standard InChI is InChI=1S/C12H18FN3O2/c1-9(2)15(3)8-7-14-11-6-4-5-10(13)12(11)16(17)18/h4-6,9,14H,7-8H2,1-3H3. The highest BCUT2D eigenvalue weighted by Crippen LogP contribution is 2.26. The first-order valence-electron chi connectivity index (χ1n) is 5.80. The second-order valence-electron chi connectivity index (χ2n) is 4.39. The van der Waals surface area contributed by atoms with E-state index in [1.54, 1.807) is 0 Å². The Morgan fingerprint density at radius 2 is 2.17 bits per heavy atom. The average molecular weight is 255 g/mol. The predicted molar refractivity (Wildman–Crippen MR) is 69.3 cm³/mol. The zero-order chi connectivity index (χ0) is 13.7. The smallest absolute Gasteiger partial charge is 0.327 e. The number of halogens is 1. The van der Waals surface area contributed by atoms with Crippen molar-refractivity contribution in [3.8, 4) is 0 Å². The zero-order valence-corrected chi connectivity index (χ0v) is 10.8. The molecule has 0 aliphatic heterocycles. The zero-order valence-electron chi connectivity index (χ0n) is 10.8. The molecule has 1 aromatic rings. The molecule has 0 saturated carbocycles. The first-order chi connectivity index (χ1) is 8.43. The first kappa shape index (κ1) is 14.4. The minimum Gasteiger partial charge on any atom is -0.378 e. The highest BCUT2D eigenvalue weighted by molar-refractivity contribution is 5.61. The fraction of sp³-hybridized carbons (Fsp3) is 0.500. The lowest BCUT2D eigenvalue weighted by Crippen LogP contribution is -2.31. The second kappa shape index (κ2) is 6.30. The van der Waals surface area contributed by atoms with E-state index >= 15 is 0 Å². The van der Waals surface area contributed by atoms with Crippen LogP contribution in [0.25, 0.3) is 0 Å². The minimum absolute atomic E-state index is 0.220. The van der Waals surface area contributed by atoms with Gasteiger partial charge in [0.15, 0.2) is 0 Å². The number of para-hydroxylation sites is 1. The Kier molecular flexibility index (Phi) is 5.03. The molecule has 0 aliphatic carbocycles. The summed E-state index contributed by atoms with van der Waals surface area (Å²) in [5.74, 6) is -0.817. The molecule has 0 saturated heterocycles. The van der Waals surface area contributed by atoms with Gasteiger partial charge in [-0.1, -0.05) is 6.07 Å². The number of rotatable bonds is 6. The molecule has 0 unspecified atom stereocenters. The summed E-state index contributed by atoms with van der Waals surface area (Å²) in [7, 11) is 1.96. The SMILES string of the molecule is CC(C)N(C)CCNc1cccc(F)c1[N+](=O)[O-]. The van der Waals surface area contributed by atoms with Crippen molar-refractivity contribution in [3.05, 3.63) is 34.1 Å². The lowest BCUT2D eigenvalue weighted by atomic mass is 10.2. The Hall–Kier alpha value is -1.69. The van der Waals surface area contributed by atoms with Gasteiger partial charge in [0.05, 0.1) is 4.92 Å². The molecule has 18 heavy (non-hydrogen) atoms. The Bertz CT molecular complexity index is 424. The van der Waals surface area contributed by atoms with Crippen LogP contribution in [0, 0.1) is 15.9 Å². The minimum atomic E-state index is -0.817. The van der Waals surface area contributed by atoms with E-state index in [0.29, 0.717) is 12.6 Å². The summed E-state index contributed by atoms with van der Waals surface area (Å²) < 4.78 is 13.3. The first-order valence-corrected chi connectivity index (χ1v) is 5.80. The van der Waals surface area contributed by atoms with Crippen molar-refractivity contribution in [2.24, 2.45) is 0 Å². The van der Waals surface area contributed by atoms with Crippen LogP contribution in [0.3, 0.4) is 0 Å². The highest BCUT2D eigenvalue weighted by Gasteiger charge is 2.19. The largest absolute Gasteiger partial charge is 0.378 e. The van der Waals surface area contributed by atoms with Crippen LogP contribution in [0.5, 0.6) is 0 Å². The van der Waals surface area contributed by atoms with Gasteiger partial charge in [-0.3, -0.25) is 10.1 Å². The Balaban J connectivity index is 2.68. The van der Waals surface area contributed by atoms with E-state index in [9.17, 15) is 14.5 Å². The third-order valence-electron chi connectivity index (χ3n) is 2.83. The van der Waals surface area contributed by atoms with E-state index < -0.39 is 16.4 Å². The van der Waals surface area contributed by atoms with Gasteiger partial charge < -0.3 is 10.2 Å². The summed E-state index contributed by atoms with van der Waals surface area (Å²) in [5, 5.41) is 13.7. The monoisotopic (exact) mass is 255 g/mol.